The second-order valence-electron chi connectivity index (χ2n) is 10.1. The van der Waals surface area contributed by atoms with Gasteiger partial charge in [-0.1, -0.05) is 36.4 Å². The highest BCUT2D eigenvalue weighted by Gasteiger charge is 2.24. The van der Waals surface area contributed by atoms with E-state index in [9.17, 15) is 10.1 Å². The Hall–Kier alpha value is -5.57. The van der Waals surface area contributed by atoms with Crippen molar-refractivity contribution in [1.82, 2.24) is 30.0 Å². The van der Waals surface area contributed by atoms with Crippen molar-refractivity contribution in [2.24, 2.45) is 7.05 Å². The molecular weight excluding hydrogens is 608 g/mol. The molecule has 0 aliphatic rings. The van der Waals surface area contributed by atoms with Gasteiger partial charge in [-0.25, -0.2) is 15.0 Å². The normalized spacial score (nSPS) is 10.9. The molecule has 0 unspecified atom stereocenters. The van der Waals surface area contributed by atoms with Crippen molar-refractivity contribution in [2.75, 3.05) is 5.73 Å². The van der Waals surface area contributed by atoms with Gasteiger partial charge in [-0.3, -0.25) is 9.48 Å². The van der Waals surface area contributed by atoms with Gasteiger partial charge in [-0.2, -0.15) is 10.4 Å². The van der Waals surface area contributed by atoms with E-state index in [0.29, 0.717) is 27.7 Å². The number of amides is 1. The summed E-state index contributed by atoms with van der Waals surface area (Å²) in [5.74, 6) is 0.424. The number of hydrogen-bond donors (Lipinski definition) is 2. The summed E-state index contributed by atoms with van der Waals surface area (Å²) >= 11 is 8.28. The summed E-state index contributed by atoms with van der Waals surface area (Å²) in [6.45, 7) is 5.59. The monoisotopic (exact) mass is 632 g/mol. The molecule has 0 aliphatic heterocycles. The number of nitrogens with two attached hydrogens (primary N) is 1. The predicted molar refractivity (Wildman–Crippen MR) is 176 cm³/mol. The van der Waals surface area contributed by atoms with Crippen LogP contribution in [0, 0.1) is 18.3 Å². The van der Waals surface area contributed by atoms with Crippen molar-refractivity contribution < 1.29 is 9.53 Å². The average molecular weight is 633 g/mol. The van der Waals surface area contributed by atoms with Crippen LogP contribution in [0.1, 0.15) is 16.8 Å². The zero-order valence-electron chi connectivity index (χ0n) is 24.2. The van der Waals surface area contributed by atoms with Crippen LogP contribution in [0.3, 0.4) is 0 Å². The average Bonchev–Trinajstić information content (AvgIpc) is 3.65. The number of fused-ring (bicyclic) bond motifs is 1. The van der Waals surface area contributed by atoms with Crippen LogP contribution in [-0.4, -0.2) is 30.6 Å². The number of nitrogens with one attached hydrogen (secondary N) is 1. The van der Waals surface area contributed by atoms with Gasteiger partial charge in [-0.05, 0) is 48.4 Å². The minimum atomic E-state index is -0.298. The topological polar surface area (TPSA) is 145 Å². The number of carbonyl (C=O) groups excluding carboxylic acids is 1. The van der Waals surface area contributed by atoms with E-state index in [0.717, 1.165) is 48.5 Å². The molecule has 0 aliphatic carbocycles. The number of anilines is 1. The summed E-state index contributed by atoms with van der Waals surface area (Å²) in [6, 6.07) is 15.2. The molecule has 12 heteroatoms. The number of nitrogen functional groups attached to an aromatic ring is 1. The molecule has 4 aromatic heterocycles. The molecule has 0 bridgehead atoms. The van der Waals surface area contributed by atoms with E-state index in [1.54, 1.807) is 47.5 Å². The molecule has 3 N–H and O–H groups in total. The number of pyridine rings is 1. The lowest BCUT2D eigenvalue weighted by Crippen LogP contribution is -2.19. The van der Waals surface area contributed by atoms with Gasteiger partial charge in [0, 0.05) is 75.1 Å². The van der Waals surface area contributed by atoms with E-state index >= 15 is 0 Å². The first kappa shape index (κ1) is 29.5. The largest absolute Gasteiger partial charge is 0.423 e. The zero-order chi connectivity index (χ0) is 31.7. The number of thiophene rings is 1. The van der Waals surface area contributed by atoms with Gasteiger partial charge in [0.05, 0.1) is 22.9 Å². The van der Waals surface area contributed by atoms with Crippen molar-refractivity contribution in [3.63, 3.8) is 0 Å². The number of hydrogen-bond acceptors (Lipinski definition) is 9. The Morgan fingerprint density at radius 3 is 2.73 bits per heavy atom. The first-order chi connectivity index (χ1) is 21.7. The van der Waals surface area contributed by atoms with E-state index in [2.05, 4.69) is 38.0 Å². The molecule has 2 aromatic carbocycles. The number of aromatic nitrogens is 5. The predicted octanol–water partition coefficient (Wildman–Crippen LogP) is 6.83. The lowest BCUT2D eigenvalue weighted by atomic mass is 9.95. The molecule has 4 heterocycles. The van der Waals surface area contributed by atoms with Crippen LogP contribution in [0.5, 0.6) is 11.8 Å². The standard InChI is InChI=1S/C33H25ClN8O2S/c1-4-27(43)38-14-19-5-7-23(21(11-19)13-35)30-28(20-6-8-26(25(34)12-20)44-33-37-10-9-18(2)41-33)29-31(45-30)24(16-39-32(29)36)22-15-40-42(3)17-22/h4-12,15-17H,1,14H2,2-3H3,(H2,36,39)(H,38,43). The molecule has 0 spiro atoms. The number of ether oxygens (including phenoxy) is 1. The molecule has 6 aromatic rings. The number of benzene rings is 2. The third-order valence-electron chi connectivity index (χ3n) is 7.05. The Balaban J connectivity index is 1.54. The molecule has 0 fully saturated rings. The van der Waals surface area contributed by atoms with Crippen LogP contribution in [-0.2, 0) is 18.4 Å². The third-order valence-corrected chi connectivity index (χ3v) is 8.61. The van der Waals surface area contributed by atoms with Crippen molar-refractivity contribution >= 4 is 44.7 Å². The summed E-state index contributed by atoms with van der Waals surface area (Å²) in [7, 11) is 1.85. The number of nitriles is 1. The minimum Gasteiger partial charge on any atom is -0.423 e. The minimum absolute atomic E-state index is 0.184. The van der Waals surface area contributed by atoms with E-state index in [1.807, 2.05) is 38.4 Å². The van der Waals surface area contributed by atoms with E-state index < -0.39 is 0 Å². The van der Waals surface area contributed by atoms with Crippen molar-refractivity contribution in [3.8, 4) is 50.5 Å². The SMILES string of the molecule is C=CC(=O)NCc1ccc(-c2sc3c(-c4cnn(C)c4)cnc(N)c3c2-c2ccc(Oc3nccc(C)n3)c(Cl)c2)c(C#N)c1. The maximum Gasteiger partial charge on any atom is 0.322 e. The summed E-state index contributed by atoms with van der Waals surface area (Å²) in [6.07, 6.45) is 8.24. The molecular formula is C33H25ClN8O2S. The fraction of sp³-hybridized carbons (Fsp3) is 0.0909. The maximum absolute atomic E-state index is 11.7. The first-order valence-corrected chi connectivity index (χ1v) is 14.9. The Kier molecular flexibility index (Phi) is 8.00. The van der Waals surface area contributed by atoms with E-state index in [4.69, 9.17) is 22.1 Å². The number of nitrogens with zero attached hydrogens (tertiary/aromatic N) is 6. The number of aryl methyl sites for hydroxylation is 2. The summed E-state index contributed by atoms with van der Waals surface area (Å²) < 4.78 is 8.50. The quantitative estimate of drug-likeness (QED) is 0.174. The Labute approximate surface area is 267 Å². The number of rotatable bonds is 8. The van der Waals surface area contributed by atoms with Gasteiger partial charge in [0.1, 0.15) is 11.6 Å². The van der Waals surface area contributed by atoms with Gasteiger partial charge < -0.3 is 15.8 Å². The van der Waals surface area contributed by atoms with Gasteiger partial charge in [0.25, 0.3) is 0 Å². The Bertz CT molecular complexity index is 2160. The van der Waals surface area contributed by atoms with Gasteiger partial charge >= 0.3 is 6.01 Å². The second kappa shape index (κ2) is 12.2. The lowest BCUT2D eigenvalue weighted by molar-refractivity contribution is -0.116. The zero-order valence-corrected chi connectivity index (χ0v) is 25.8. The molecule has 10 nitrogen and oxygen atoms in total. The summed E-state index contributed by atoms with van der Waals surface area (Å²) in [5.41, 5.74) is 12.5. The van der Waals surface area contributed by atoms with Crippen molar-refractivity contribution in [2.45, 2.75) is 13.5 Å². The van der Waals surface area contributed by atoms with Crippen molar-refractivity contribution in [1.29, 1.82) is 5.26 Å². The van der Waals surface area contributed by atoms with Crippen LogP contribution in [0.4, 0.5) is 5.82 Å². The van der Waals surface area contributed by atoms with Gasteiger partial charge in [-0.15, -0.1) is 11.3 Å². The van der Waals surface area contributed by atoms with Crippen molar-refractivity contribution in [3.05, 3.63) is 102 Å². The molecule has 0 radical (unpaired) electrons. The molecule has 1 amide bonds. The fourth-order valence-electron chi connectivity index (χ4n) is 4.92. The molecule has 6 rings (SSSR count). The molecule has 222 valence electrons. The number of halogens is 1. The molecule has 0 saturated heterocycles. The summed E-state index contributed by atoms with van der Waals surface area (Å²) in [5, 5.41) is 18.4. The Morgan fingerprint density at radius 2 is 2.02 bits per heavy atom. The van der Waals surface area contributed by atoms with Gasteiger partial charge in [0.2, 0.25) is 5.91 Å². The Morgan fingerprint density at radius 1 is 1.18 bits per heavy atom. The number of carbonyl (C=O) groups is 1. The smallest absolute Gasteiger partial charge is 0.322 e. The highest BCUT2D eigenvalue weighted by atomic mass is 35.5. The fourth-order valence-corrected chi connectivity index (χ4v) is 6.54. The highest BCUT2D eigenvalue weighted by molar-refractivity contribution is 7.23. The molecule has 0 saturated carbocycles. The summed E-state index contributed by atoms with van der Waals surface area (Å²) in [4.78, 5) is 25.6. The van der Waals surface area contributed by atoms with Crippen LogP contribution >= 0.6 is 22.9 Å². The van der Waals surface area contributed by atoms with Crippen LogP contribution < -0.4 is 15.8 Å². The van der Waals surface area contributed by atoms with Crippen LogP contribution in [0.25, 0.3) is 42.8 Å². The third kappa shape index (κ3) is 5.84. The van der Waals surface area contributed by atoms with E-state index in [1.165, 1.54) is 17.4 Å². The van der Waals surface area contributed by atoms with Crippen LogP contribution in [0.2, 0.25) is 5.02 Å². The molecule has 45 heavy (non-hydrogen) atoms. The van der Waals surface area contributed by atoms with Crippen LogP contribution in [0.15, 0.2) is 79.9 Å². The molecule has 0 atom stereocenters. The van der Waals surface area contributed by atoms with Gasteiger partial charge in [0.15, 0.2) is 0 Å². The lowest BCUT2D eigenvalue weighted by Gasteiger charge is -2.12. The van der Waals surface area contributed by atoms with E-state index in [-0.39, 0.29) is 18.5 Å². The first-order valence-electron chi connectivity index (χ1n) is 13.7. The maximum atomic E-state index is 11.7. The second-order valence-corrected chi connectivity index (χ2v) is 11.5. The highest BCUT2D eigenvalue weighted by Crippen LogP contribution is 2.50.